The summed E-state index contributed by atoms with van der Waals surface area (Å²) in [5, 5.41) is 14.8. The van der Waals surface area contributed by atoms with Crippen LogP contribution in [-0.4, -0.2) is 15.7 Å². The van der Waals surface area contributed by atoms with Crippen LogP contribution in [0.25, 0.3) is 0 Å². The van der Waals surface area contributed by atoms with Gasteiger partial charge in [0.2, 0.25) is 0 Å². The predicted octanol–water partition coefficient (Wildman–Crippen LogP) is 1.52. The summed E-state index contributed by atoms with van der Waals surface area (Å²) in [6.07, 6.45) is 3.90. The highest BCUT2D eigenvalue weighted by Gasteiger charge is 2.04. The maximum atomic E-state index is 11.7. The molecule has 1 aromatic carbocycles. The number of rotatable bonds is 5. The molecule has 0 atom stereocenters. The minimum absolute atomic E-state index is 0.0243. The van der Waals surface area contributed by atoms with Crippen LogP contribution in [0.15, 0.2) is 42.7 Å². The molecule has 0 aliphatic heterocycles. The first-order valence-corrected chi connectivity index (χ1v) is 6.49. The largest absolute Gasteiger partial charge is 0.392 e. The fourth-order valence-corrected chi connectivity index (χ4v) is 1.97. The van der Waals surface area contributed by atoms with Crippen LogP contribution in [0, 0.1) is 0 Å². The lowest BCUT2D eigenvalue weighted by Gasteiger charge is -2.09. The van der Waals surface area contributed by atoms with E-state index in [1.54, 1.807) is 0 Å². The second kappa shape index (κ2) is 6.77. The second-order valence-corrected chi connectivity index (χ2v) is 4.65. The molecule has 2 rings (SSSR count). The quantitative estimate of drug-likeness (QED) is 0.773. The van der Waals surface area contributed by atoms with Crippen molar-refractivity contribution in [2.24, 2.45) is 7.05 Å². The number of benzene rings is 1. The molecule has 0 radical (unpaired) electrons. The van der Waals surface area contributed by atoms with Gasteiger partial charge in [-0.2, -0.15) is 0 Å². The van der Waals surface area contributed by atoms with Crippen molar-refractivity contribution in [1.29, 1.82) is 0 Å². The van der Waals surface area contributed by atoms with Crippen LogP contribution < -0.4 is 10.6 Å². The molecule has 0 aliphatic rings. The fourth-order valence-electron chi connectivity index (χ4n) is 1.97. The monoisotopic (exact) mass is 273 g/mol. The van der Waals surface area contributed by atoms with Gasteiger partial charge in [0.25, 0.3) is 0 Å². The third-order valence-electron chi connectivity index (χ3n) is 3.07. The Bertz CT molecular complexity index is 578. The highest BCUT2D eigenvalue weighted by molar-refractivity contribution is 5.73. The molecule has 1 heterocycles. The Morgan fingerprint density at radius 3 is 2.50 bits per heavy atom. The van der Waals surface area contributed by atoms with E-state index in [4.69, 9.17) is 0 Å². The highest BCUT2D eigenvalue weighted by Crippen LogP contribution is 2.07. The zero-order valence-electron chi connectivity index (χ0n) is 11.5. The number of aliphatic hydroxyl groups is 1. The van der Waals surface area contributed by atoms with E-state index in [0.29, 0.717) is 13.1 Å². The van der Waals surface area contributed by atoms with E-state index < -0.39 is 0 Å². The van der Waals surface area contributed by atoms with Gasteiger partial charge in [-0.1, -0.05) is 24.3 Å². The lowest BCUT2D eigenvalue weighted by atomic mass is 10.1. The summed E-state index contributed by atoms with van der Waals surface area (Å²) in [5.74, 6) is 0. The topological polar surface area (TPSA) is 66.3 Å². The standard InChI is InChI=1S/C15H19N3O2/c1-18-7-6-12(10-18)8-16-15(20)17-9-13-4-2-3-5-14(13)11-19/h2-7,10,19H,8-9,11H2,1H3,(H2,16,17,20). The third-order valence-corrected chi connectivity index (χ3v) is 3.07. The SMILES string of the molecule is Cn1ccc(CNC(=O)NCc2ccccc2CO)c1. The Labute approximate surface area is 118 Å². The van der Waals surface area contributed by atoms with Crippen molar-refractivity contribution < 1.29 is 9.90 Å². The average Bonchev–Trinajstić information content (AvgIpc) is 2.89. The molecule has 2 aromatic rings. The summed E-state index contributed by atoms with van der Waals surface area (Å²) in [5.41, 5.74) is 2.80. The zero-order chi connectivity index (χ0) is 14.4. The lowest BCUT2D eigenvalue weighted by Crippen LogP contribution is -2.34. The number of carbonyl (C=O) groups is 1. The number of aliphatic hydroxyl groups excluding tert-OH is 1. The van der Waals surface area contributed by atoms with Gasteiger partial charge in [-0.15, -0.1) is 0 Å². The number of urea groups is 1. The second-order valence-electron chi connectivity index (χ2n) is 4.65. The summed E-state index contributed by atoms with van der Waals surface area (Å²) in [6.45, 7) is 0.870. The van der Waals surface area contributed by atoms with Gasteiger partial charge < -0.3 is 20.3 Å². The first-order valence-electron chi connectivity index (χ1n) is 6.49. The van der Waals surface area contributed by atoms with Gasteiger partial charge in [-0.3, -0.25) is 0 Å². The number of aryl methyl sites for hydroxylation is 1. The molecule has 1 aromatic heterocycles. The zero-order valence-corrected chi connectivity index (χ0v) is 11.5. The van der Waals surface area contributed by atoms with Crippen LogP contribution in [0.4, 0.5) is 4.79 Å². The smallest absolute Gasteiger partial charge is 0.315 e. The number of nitrogens with zero attached hydrogens (tertiary/aromatic N) is 1. The van der Waals surface area contributed by atoms with Gasteiger partial charge in [0.05, 0.1) is 6.61 Å². The van der Waals surface area contributed by atoms with Gasteiger partial charge in [0.15, 0.2) is 0 Å². The maximum Gasteiger partial charge on any atom is 0.315 e. The fraction of sp³-hybridized carbons (Fsp3) is 0.267. The molecule has 0 unspecified atom stereocenters. The Kier molecular flexibility index (Phi) is 4.79. The van der Waals surface area contributed by atoms with Gasteiger partial charge in [0.1, 0.15) is 0 Å². The van der Waals surface area contributed by atoms with Crippen LogP contribution in [0.5, 0.6) is 0 Å². The molecule has 20 heavy (non-hydrogen) atoms. The van der Waals surface area contributed by atoms with Gasteiger partial charge in [-0.25, -0.2) is 4.79 Å². The Morgan fingerprint density at radius 2 is 1.85 bits per heavy atom. The minimum Gasteiger partial charge on any atom is -0.392 e. The number of aromatic nitrogens is 1. The van der Waals surface area contributed by atoms with Crippen LogP contribution in [0.3, 0.4) is 0 Å². The average molecular weight is 273 g/mol. The van der Waals surface area contributed by atoms with E-state index in [0.717, 1.165) is 16.7 Å². The summed E-state index contributed by atoms with van der Waals surface area (Å²) in [4.78, 5) is 11.7. The summed E-state index contributed by atoms with van der Waals surface area (Å²) >= 11 is 0. The number of amides is 2. The highest BCUT2D eigenvalue weighted by atomic mass is 16.3. The molecular formula is C15H19N3O2. The van der Waals surface area contributed by atoms with E-state index in [2.05, 4.69) is 10.6 Å². The Balaban J connectivity index is 1.80. The number of hydrogen-bond acceptors (Lipinski definition) is 2. The van der Waals surface area contributed by atoms with Gasteiger partial charge in [0, 0.05) is 32.5 Å². The Morgan fingerprint density at radius 1 is 1.15 bits per heavy atom. The summed E-state index contributed by atoms with van der Waals surface area (Å²) < 4.78 is 1.94. The number of nitrogens with one attached hydrogen (secondary N) is 2. The van der Waals surface area contributed by atoms with E-state index in [1.165, 1.54) is 0 Å². The van der Waals surface area contributed by atoms with Crippen LogP contribution in [0.1, 0.15) is 16.7 Å². The molecule has 0 bridgehead atoms. The van der Waals surface area contributed by atoms with E-state index in [1.807, 2.05) is 54.3 Å². The number of carbonyl (C=O) groups excluding carboxylic acids is 1. The summed E-state index contributed by atoms with van der Waals surface area (Å²) in [7, 11) is 1.94. The molecular weight excluding hydrogens is 254 g/mol. The first-order chi connectivity index (χ1) is 9.69. The van der Waals surface area contributed by atoms with Crippen LogP contribution >= 0.6 is 0 Å². The van der Waals surface area contributed by atoms with Crippen molar-refractivity contribution >= 4 is 6.03 Å². The first kappa shape index (κ1) is 14.1. The molecule has 0 aliphatic carbocycles. The van der Waals surface area contributed by atoms with Crippen molar-refractivity contribution in [1.82, 2.24) is 15.2 Å². The third kappa shape index (κ3) is 3.86. The van der Waals surface area contributed by atoms with E-state index >= 15 is 0 Å². The van der Waals surface area contributed by atoms with Crippen LogP contribution in [0.2, 0.25) is 0 Å². The molecule has 0 spiro atoms. The predicted molar refractivity (Wildman–Crippen MR) is 76.9 cm³/mol. The maximum absolute atomic E-state index is 11.7. The van der Waals surface area contributed by atoms with E-state index in [9.17, 15) is 9.90 Å². The van der Waals surface area contributed by atoms with Crippen molar-refractivity contribution in [2.45, 2.75) is 19.7 Å². The molecule has 5 heteroatoms. The van der Waals surface area contributed by atoms with Crippen molar-refractivity contribution in [3.8, 4) is 0 Å². The van der Waals surface area contributed by atoms with Gasteiger partial charge in [-0.05, 0) is 22.8 Å². The number of hydrogen-bond donors (Lipinski definition) is 3. The normalized spacial score (nSPS) is 10.3. The molecule has 3 N–H and O–H groups in total. The molecule has 0 fully saturated rings. The molecule has 106 valence electrons. The summed E-state index contributed by atoms with van der Waals surface area (Å²) in [6, 6.07) is 9.23. The van der Waals surface area contributed by atoms with Crippen LogP contribution in [-0.2, 0) is 26.7 Å². The molecule has 5 nitrogen and oxygen atoms in total. The molecule has 2 amide bonds. The van der Waals surface area contributed by atoms with Gasteiger partial charge >= 0.3 is 6.03 Å². The van der Waals surface area contributed by atoms with Crippen molar-refractivity contribution in [3.05, 3.63) is 59.4 Å². The Hall–Kier alpha value is -2.27. The van der Waals surface area contributed by atoms with E-state index in [-0.39, 0.29) is 12.6 Å². The lowest BCUT2D eigenvalue weighted by molar-refractivity contribution is 0.239. The minimum atomic E-state index is -0.221. The van der Waals surface area contributed by atoms with Crippen molar-refractivity contribution in [2.75, 3.05) is 0 Å². The van der Waals surface area contributed by atoms with Crippen molar-refractivity contribution in [3.63, 3.8) is 0 Å². The molecule has 0 saturated carbocycles. The molecule has 0 saturated heterocycles.